The number of rotatable bonds is 10. The van der Waals surface area contributed by atoms with Crippen LogP contribution < -0.4 is 9.62 Å². The molecule has 1 atom stereocenters. The van der Waals surface area contributed by atoms with Crippen LogP contribution in [0.15, 0.2) is 48.5 Å². The summed E-state index contributed by atoms with van der Waals surface area (Å²) in [5.74, 6) is -0.730. The second-order valence-electron chi connectivity index (χ2n) is 9.12. The number of carbonyl (C=O) groups is 2. The van der Waals surface area contributed by atoms with Crippen molar-refractivity contribution in [3.63, 3.8) is 0 Å². The average molecular weight is 555 g/mol. The largest absolute Gasteiger partial charge is 0.352 e. The lowest BCUT2D eigenvalue weighted by molar-refractivity contribution is -0.140. The first kappa shape index (κ1) is 28.3. The number of nitrogens with zero attached hydrogens (tertiary/aromatic N) is 2. The zero-order valence-electron chi connectivity index (χ0n) is 20.6. The predicted octanol–water partition coefficient (Wildman–Crippen LogP) is 5.02. The molecule has 2 aromatic carbocycles. The van der Waals surface area contributed by atoms with Crippen LogP contribution in [0.5, 0.6) is 0 Å². The number of sulfonamides is 1. The van der Waals surface area contributed by atoms with Crippen LogP contribution in [0.1, 0.15) is 51.0 Å². The number of halogens is 2. The van der Waals surface area contributed by atoms with E-state index in [0.29, 0.717) is 6.42 Å². The molecular weight excluding hydrogens is 521 g/mol. The molecule has 1 fully saturated rings. The molecule has 0 radical (unpaired) electrons. The van der Waals surface area contributed by atoms with Crippen molar-refractivity contribution >= 4 is 50.7 Å². The Morgan fingerprint density at radius 1 is 1.03 bits per heavy atom. The highest BCUT2D eigenvalue weighted by molar-refractivity contribution is 7.92. The van der Waals surface area contributed by atoms with Crippen LogP contribution in [0.2, 0.25) is 10.0 Å². The van der Waals surface area contributed by atoms with Gasteiger partial charge >= 0.3 is 0 Å². The van der Waals surface area contributed by atoms with E-state index in [1.165, 1.54) is 11.0 Å². The maximum Gasteiger partial charge on any atom is 0.244 e. The van der Waals surface area contributed by atoms with Gasteiger partial charge in [0.2, 0.25) is 21.8 Å². The quantitative estimate of drug-likeness (QED) is 0.447. The Bertz CT molecular complexity index is 1160. The lowest BCUT2D eigenvalue weighted by atomic mass is 9.95. The van der Waals surface area contributed by atoms with Crippen molar-refractivity contribution in [2.24, 2.45) is 0 Å². The SMILES string of the molecule is CCC(C(=O)NC1CCCCC1)N(Cc1ccccc1)C(=O)CN(c1cccc(Cl)c1Cl)S(C)(=O)=O. The topological polar surface area (TPSA) is 86.8 Å². The van der Waals surface area contributed by atoms with E-state index in [1.807, 2.05) is 37.3 Å². The predicted molar refractivity (Wildman–Crippen MR) is 145 cm³/mol. The van der Waals surface area contributed by atoms with Gasteiger partial charge in [-0.05, 0) is 37.0 Å². The van der Waals surface area contributed by atoms with Crippen LogP contribution in [0.4, 0.5) is 5.69 Å². The highest BCUT2D eigenvalue weighted by Crippen LogP contribution is 2.33. The minimum atomic E-state index is -3.89. The van der Waals surface area contributed by atoms with Crippen molar-refractivity contribution in [2.75, 3.05) is 17.1 Å². The molecule has 1 N–H and O–H groups in total. The van der Waals surface area contributed by atoms with Crippen molar-refractivity contribution in [3.05, 3.63) is 64.1 Å². The summed E-state index contributed by atoms with van der Waals surface area (Å²) in [6, 6.07) is 13.3. The third-order valence-corrected chi connectivity index (χ3v) is 8.35. The van der Waals surface area contributed by atoms with Gasteiger partial charge in [-0.1, -0.05) is 85.8 Å². The van der Waals surface area contributed by atoms with E-state index >= 15 is 0 Å². The molecule has 2 aromatic rings. The van der Waals surface area contributed by atoms with Gasteiger partial charge in [-0.3, -0.25) is 13.9 Å². The molecular formula is C26H33Cl2N3O4S. The lowest BCUT2D eigenvalue weighted by Gasteiger charge is -2.34. The summed E-state index contributed by atoms with van der Waals surface area (Å²) in [5.41, 5.74) is 0.945. The van der Waals surface area contributed by atoms with Crippen molar-refractivity contribution in [1.82, 2.24) is 10.2 Å². The van der Waals surface area contributed by atoms with Crippen LogP contribution in [0.3, 0.4) is 0 Å². The fourth-order valence-electron chi connectivity index (χ4n) is 4.52. The summed E-state index contributed by atoms with van der Waals surface area (Å²) in [5, 5.41) is 3.33. The monoisotopic (exact) mass is 553 g/mol. The molecule has 196 valence electrons. The summed E-state index contributed by atoms with van der Waals surface area (Å²) in [6.07, 6.45) is 6.53. The Labute approximate surface area is 223 Å². The summed E-state index contributed by atoms with van der Waals surface area (Å²) >= 11 is 12.4. The fraction of sp³-hybridized carbons (Fsp3) is 0.462. The molecule has 0 aliphatic heterocycles. The van der Waals surface area contributed by atoms with E-state index in [4.69, 9.17) is 23.2 Å². The molecule has 0 aromatic heterocycles. The second kappa shape index (κ2) is 12.8. The molecule has 1 aliphatic carbocycles. The Balaban J connectivity index is 1.92. The average Bonchev–Trinajstić information content (AvgIpc) is 2.85. The van der Waals surface area contributed by atoms with Crippen molar-refractivity contribution in [3.8, 4) is 0 Å². The Morgan fingerprint density at radius 3 is 2.31 bits per heavy atom. The third kappa shape index (κ3) is 7.37. The van der Waals surface area contributed by atoms with E-state index < -0.39 is 28.5 Å². The van der Waals surface area contributed by atoms with Gasteiger partial charge in [0.05, 0.1) is 22.0 Å². The number of hydrogen-bond acceptors (Lipinski definition) is 4. The first-order chi connectivity index (χ1) is 17.1. The molecule has 0 spiro atoms. The standard InChI is InChI=1S/C26H33Cl2N3O4S/c1-3-22(26(33)29-20-13-8-5-9-14-20)30(17-19-11-6-4-7-12-19)24(32)18-31(36(2,34)35)23-16-10-15-21(27)25(23)28/h4,6-7,10-12,15-16,20,22H,3,5,8-9,13-14,17-18H2,1-2H3,(H,29,33). The fourth-order valence-corrected chi connectivity index (χ4v) is 5.83. The van der Waals surface area contributed by atoms with Crippen LogP contribution >= 0.6 is 23.2 Å². The van der Waals surface area contributed by atoms with E-state index in [9.17, 15) is 18.0 Å². The number of nitrogens with one attached hydrogen (secondary N) is 1. The van der Waals surface area contributed by atoms with Crippen LogP contribution in [-0.2, 0) is 26.2 Å². The second-order valence-corrected chi connectivity index (χ2v) is 11.8. The number of hydrogen-bond donors (Lipinski definition) is 1. The van der Waals surface area contributed by atoms with Gasteiger partial charge < -0.3 is 10.2 Å². The van der Waals surface area contributed by atoms with Crippen molar-refractivity contribution in [2.45, 2.75) is 64.1 Å². The smallest absolute Gasteiger partial charge is 0.244 e. The molecule has 2 amide bonds. The van der Waals surface area contributed by atoms with Crippen LogP contribution in [0.25, 0.3) is 0 Å². The molecule has 1 saturated carbocycles. The van der Waals surface area contributed by atoms with Crippen LogP contribution in [-0.4, -0.2) is 50.0 Å². The van der Waals surface area contributed by atoms with E-state index in [0.717, 1.165) is 48.2 Å². The number of carbonyl (C=O) groups excluding carboxylic acids is 2. The van der Waals surface area contributed by atoms with Crippen LogP contribution in [0, 0.1) is 0 Å². The van der Waals surface area contributed by atoms with Gasteiger partial charge in [0.25, 0.3) is 0 Å². The Kier molecular flexibility index (Phi) is 10.0. The summed E-state index contributed by atoms with van der Waals surface area (Å²) in [6.45, 7) is 1.49. The summed E-state index contributed by atoms with van der Waals surface area (Å²) < 4.78 is 26.4. The first-order valence-electron chi connectivity index (χ1n) is 12.2. The molecule has 3 rings (SSSR count). The molecule has 10 heteroatoms. The lowest BCUT2D eigenvalue weighted by Crippen LogP contribution is -2.54. The minimum Gasteiger partial charge on any atom is -0.352 e. The van der Waals surface area contributed by atoms with Gasteiger partial charge in [0.1, 0.15) is 12.6 Å². The van der Waals surface area contributed by atoms with Gasteiger partial charge in [0, 0.05) is 12.6 Å². The first-order valence-corrected chi connectivity index (χ1v) is 14.8. The normalized spacial score (nSPS) is 15.2. The van der Waals surface area contributed by atoms with E-state index in [1.54, 1.807) is 12.1 Å². The minimum absolute atomic E-state index is 0.0362. The van der Waals surface area contributed by atoms with E-state index in [2.05, 4.69) is 5.32 Å². The number of anilines is 1. The van der Waals surface area contributed by atoms with Gasteiger partial charge in [-0.25, -0.2) is 8.42 Å². The van der Waals surface area contributed by atoms with Crippen molar-refractivity contribution in [1.29, 1.82) is 0 Å². The van der Waals surface area contributed by atoms with Crippen molar-refractivity contribution < 1.29 is 18.0 Å². The molecule has 36 heavy (non-hydrogen) atoms. The maximum atomic E-state index is 13.7. The molecule has 7 nitrogen and oxygen atoms in total. The maximum absolute atomic E-state index is 13.7. The zero-order valence-corrected chi connectivity index (χ0v) is 23.0. The highest BCUT2D eigenvalue weighted by atomic mass is 35.5. The van der Waals surface area contributed by atoms with E-state index in [-0.39, 0.29) is 34.2 Å². The van der Waals surface area contributed by atoms with Gasteiger partial charge in [-0.15, -0.1) is 0 Å². The molecule has 0 heterocycles. The molecule has 0 bridgehead atoms. The molecule has 1 aliphatic rings. The molecule has 1 unspecified atom stereocenters. The number of benzene rings is 2. The summed E-state index contributed by atoms with van der Waals surface area (Å²) in [7, 11) is -3.89. The Morgan fingerprint density at radius 2 is 1.69 bits per heavy atom. The third-order valence-electron chi connectivity index (χ3n) is 6.41. The highest BCUT2D eigenvalue weighted by Gasteiger charge is 2.33. The van der Waals surface area contributed by atoms with Gasteiger partial charge in [0.15, 0.2) is 0 Å². The molecule has 0 saturated heterocycles. The summed E-state index contributed by atoms with van der Waals surface area (Å²) in [4.78, 5) is 28.6. The zero-order chi connectivity index (χ0) is 26.3. The number of amides is 2. The Hall–Kier alpha value is -2.29. The van der Waals surface area contributed by atoms with Gasteiger partial charge in [-0.2, -0.15) is 0 Å².